The van der Waals surface area contributed by atoms with Crippen LogP contribution in [0.15, 0.2) is 60.8 Å². The van der Waals surface area contributed by atoms with Crippen molar-refractivity contribution >= 4 is 27.4 Å². The number of hydrogen-bond acceptors (Lipinski definition) is 5. The van der Waals surface area contributed by atoms with Crippen LogP contribution in [0, 0.1) is 6.92 Å². The van der Waals surface area contributed by atoms with Crippen LogP contribution in [0.4, 0.5) is 5.82 Å². The standard InChI is InChI=1S/C20H18N4S/c1-14-11-17-19(22-13-16-9-5-6-10-21-16)23-18(24-20(17)25-14)12-15-7-3-2-4-8-15/h2-11H,12-13H2,1H3,(H,22,23,24). The third-order valence-corrected chi connectivity index (χ3v) is 4.87. The normalized spacial score (nSPS) is 10.9. The molecule has 0 saturated heterocycles. The molecular formula is C20H18N4S. The van der Waals surface area contributed by atoms with Crippen molar-refractivity contribution in [3.8, 4) is 0 Å². The van der Waals surface area contributed by atoms with E-state index in [1.807, 2.05) is 42.6 Å². The third-order valence-electron chi connectivity index (χ3n) is 3.93. The second-order valence-corrected chi connectivity index (χ2v) is 7.14. The smallest absolute Gasteiger partial charge is 0.138 e. The van der Waals surface area contributed by atoms with Crippen LogP contribution in [0.1, 0.15) is 22.0 Å². The first-order valence-corrected chi connectivity index (χ1v) is 9.04. The zero-order chi connectivity index (χ0) is 17.1. The molecule has 0 aliphatic heterocycles. The monoisotopic (exact) mass is 346 g/mol. The molecule has 0 atom stereocenters. The van der Waals surface area contributed by atoms with Gasteiger partial charge in [0.1, 0.15) is 16.5 Å². The molecule has 124 valence electrons. The average Bonchev–Trinajstić information content (AvgIpc) is 3.02. The summed E-state index contributed by atoms with van der Waals surface area (Å²) in [6.07, 6.45) is 2.54. The molecule has 3 aromatic heterocycles. The van der Waals surface area contributed by atoms with E-state index < -0.39 is 0 Å². The van der Waals surface area contributed by atoms with Crippen LogP contribution in [0.2, 0.25) is 0 Å². The van der Waals surface area contributed by atoms with Crippen molar-refractivity contribution in [3.63, 3.8) is 0 Å². The predicted octanol–water partition coefficient (Wildman–Crippen LogP) is 4.60. The lowest BCUT2D eigenvalue weighted by Gasteiger charge is -2.09. The molecule has 3 heterocycles. The Bertz CT molecular complexity index is 981. The van der Waals surface area contributed by atoms with E-state index in [0.717, 1.165) is 34.0 Å². The predicted molar refractivity (Wildman–Crippen MR) is 103 cm³/mol. The van der Waals surface area contributed by atoms with Crippen LogP contribution >= 0.6 is 11.3 Å². The summed E-state index contributed by atoms with van der Waals surface area (Å²) in [6, 6.07) is 18.4. The number of benzene rings is 1. The Labute approximate surface area is 150 Å². The molecule has 25 heavy (non-hydrogen) atoms. The second-order valence-electron chi connectivity index (χ2n) is 5.90. The average molecular weight is 346 g/mol. The van der Waals surface area contributed by atoms with Gasteiger partial charge in [0.25, 0.3) is 0 Å². The Morgan fingerprint density at radius 2 is 1.84 bits per heavy atom. The minimum atomic E-state index is 0.645. The maximum atomic E-state index is 4.78. The molecule has 0 spiro atoms. The number of nitrogens with zero attached hydrogens (tertiary/aromatic N) is 3. The van der Waals surface area contributed by atoms with Gasteiger partial charge in [-0.05, 0) is 30.7 Å². The molecule has 0 bridgehead atoms. The summed E-state index contributed by atoms with van der Waals surface area (Å²) in [5, 5.41) is 4.52. The molecule has 1 N–H and O–H groups in total. The van der Waals surface area contributed by atoms with Gasteiger partial charge in [0.05, 0.1) is 17.6 Å². The number of nitrogens with one attached hydrogen (secondary N) is 1. The van der Waals surface area contributed by atoms with Gasteiger partial charge in [-0.15, -0.1) is 11.3 Å². The topological polar surface area (TPSA) is 50.7 Å². The summed E-state index contributed by atoms with van der Waals surface area (Å²) in [5.74, 6) is 1.72. The molecule has 1 aromatic carbocycles. The highest BCUT2D eigenvalue weighted by molar-refractivity contribution is 7.18. The van der Waals surface area contributed by atoms with Gasteiger partial charge >= 0.3 is 0 Å². The molecule has 0 saturated carbocycles. The molecule has 0 radical (unpaired) electrons. The first kappa shape index (κ1) is 15.7. The Morgan fingerprint density at radius 1 is 1.00 bits per heavy atom. The summed E-state index contributed by atoms with van der Waals surface area (Å²) < 4.78 is 0. The minimum Gasteiger partial charge on any atom is -0.364 e. The number of rotatable bonds is 5. The molecule has 4 nitrogen and oxygen atoms in total. The van der Waals surface area contributed by atoms with Crippen molar-refractivity contribution < 1.29 is 0 Å². The van der Waals surface area contributed by atoms with Crippen molar-refractivity contribution in [3.05, 3.63) is 82.8 Å². The van der Waals surface area contributed by atoms with Crippen LogP contribution in [-0.4, -0.2) is 15.0 Å². The highest BCUT2D eigenvalue weighted by atomic mass is 32.1. The fourth-order valence-electron chi connectivity index (χ4n) is 2.76. The lowest BCUT2D eigenvalue weighted by molar-refractivity contribution is 0.973. The lowest BCUT2D eigenvalue weighted by atomic mass is 10.1. The number of thiophene rings is 1. The summed E-state index contributed by atoms with van der Waals surface area (Å²) in [4.78, 5) is 16.2. The van der Waals surface area contributed by atoms with Gasteiger partial charge < -0.3 is 5.32 Å². The van der Waals surface area contributed by atoms with Gasteiger partial charge in [0, 0.05) is 17.5 Å². The first-order valence-electron chi connectivity index (χ1n) is 8.23. The van der Waals surface area contributed by atoms with E-state index in [0.29, 0.717) is 6.54 Å². The van der Waals surface area contributed by atoms with E-state index in [1.54, 1.807) is 11.3 Å². The Hall–Kier alpha value is -2.79. The molecule has 0 amide bonds. The Balaban J connectivity index is 1.66. The molecule has 0 aliphatic rings. The number of hydrogen-bond donors (Lipinski definition) is 1. The maximum Gasteiger partial charge on any atom is 0.138 e. The summed E-state index contributed by atoms with van der Waals surface area (Å²) in [5.41, 5.74) is 2.21. The highest BCUT2D eigenvalue weighted by Gasteiger charge is 2.11. The van der Waals surface area contributed by atoms with Crippen LogP contribution in [0.3, 0.4) is 0 Å². The lowest BCUT2D eigenvalue weighted by Crippen LogP contribution is -2.06. The van der Waals surface area contributed by atoms with Crippen molar-refractivity contribution in [2.45, 2.75) is 19.9 Å². The summed E-state index contributed by atoms with van der Waals surface area (Å²) in [7, 11) is 0. The molecule has 4 aromatic rings. The molecule has 0 aliphatic carbocycles. The Morgan fingerprint density at radius 3 is 2.64 bits per heavy atom. The molecule has 5 heteroatoms. The van der Waals surface area contributed by atoms with Gasteiger partial charge in [-0.3, -0.25) is 4.98 Å². The number of fused-ring (bicyclic) bond motifs is 1. The zero-order valence-electron chi connectivity index (χ0n) is 13.9. The van der Waals surface area contributed by atoms with E-state index in [4.69, 9.17) is 9.97 Å². The van der Waals surface area contributed by atoms with Crippen molar-refractivity contribution in [1.82, 2.24) is 15.0 Å². The molecule has 0 unspecified atom stereocenters. The van der Waals surface area contributed by atoms with E-state index in [-0.39, 0.29) is 0 Å². The fraction of sp³-hybridized carbons (Fsp3) is 0.150. The fourth-order valence-corrected chi connectivity index (χ4v) is 3.65. The van der Waals surface area contributed by atoms with Crippen LogP contribution in [0.25, 0.3) is 10.2 Å². The maximum absolute atomic E-state index is 4.78. The van der Waals surface area contributed by atoms with Crippen molar-refractivity contribution in [2.75, 3.05) is 5.32 Å². The number of aromatic nitrogens is 3. The third kappa shape index (κ3) is 3.67. The van der Waals surface area contributed by atoms with Gasteiger partial charge in [-0.1, -0.05) is 36.4 Å². The second kappa shape index (κ2) is 6.99. The molecule has 4 rings (SSSR count). The van der Waals surface area contributed by atoms with Crippen molar-refractivity contribution in [2.24, 2.45) is 0 Å². The molecular weight excluding hydrogens is 328 g/mol. The van der Waals surface area contributed by atoms with Crippen molar-refractivity contribution in [1.29, 1.82) is 0 Å². The van der Waals surface area contributed by atoms with Gasteiger partial charge in [0.15, 0.2) is 0 Å². The first-order chi connectivity index (χ1) is 12.3. The van der Waals surface area contributed by atoms with E-state index in [1.165, 1.54) is 10.4 Å². The number of aryl methyl sites for hydroxylation is 1. The minimum absolute atomic E-state index is 0.645. The Kier molecular flexibility index (Phi) is 4.39. The van der Waals surface area contributed by atoms with Gasteiger partial charge in [-0.25, -0.2) is 9.97 Å². The number of pyridine rings is 1. The van der Waals surface area contributed by atoms with E-state index in [9.17, 15) is 0 Å². The zero-order valence-corrected chi connectivity index (χ0v) is 14.8. The van der Waals surface area contributed by atoms with E-state index >= 15 is 0 Å². The van der Waals surface area contributed by atoms with Gasteiger partial charge in [0.2, 0.25) is 0 Å². The van der Waals surface area contributed by atoms with Crippen LogP contribution in [-0.2, 0) is 13.0 Å². The van der Waals surface area contributed by atoms with Crippen LogP contribution in [0.5, 0.6) is 0 Å². The van der Waals surface area contributed by atoms with E-state index in [2.05, 4.69) is 35.4 Å². The largest absolute Gasteiger partial charge is 0.364 e. The summed E-state index contributed by atoms with van der Waals surface area (Å²) >= 11 is 1.71. The van der Waals surface area contributed by atoms with Crippen LogP contribution < -0.4 is 5.32 Å². The summed E-state index contributed by atoms with van der Waals surface area (Å²) in [6.45, 7) is 2.75. The molecule has 0 fully saturated rings. The quantitative estimate of drug-likeness (QED) is 0.574. The van der Waals surface area contributed by atoms with Gasteiger partial charge in [-0.2, -0.15) is 0 Å². The highest BCUT2D eigenvalue weighted by Crippen LogP contribution is 2.29. The number of anilines is 1. The SMILES string of the molecule is Cc1cc2c(NCc3ccccn3)nc(Cc3ccccc3)nc2s1.